The fraction of sp³-hybridized carbons (Fsp3) is 0.800. The Kier molecular flexibility index (Phi) is 19.9. The largest absolute Gasteiger partial charge is 0.458 e. The Labute approximate surface area is 397 Å². The molecule has 388 valence electrons. The van der Waals surface area contributed by atoms with Crippen molar-refractivity contribution in [1.82, 2.24) is 0 Å². The van der Waals surface area contributed by atoms with Gasteiger partial charge in [-0.3, -0.25) is 9.59 Å². The molecule has 0 saturated heterocycles. The van der Waals surface area contributed by atoms with Gasteiger partial charge < -0.3 is 28.4 Å². The first-order chi connectivity index (χ1) is 31.1. The van der Waals surface area contributed by atoms with Gasteiger partial charge in [0.05, 0.1) is 10.8 Å². The van der Waals surface area contributed by atoms with Crippen LogP contribution in [0.5, 0.6) is 0 Å². The molecule has 8 aliphatic rings. The van der Waals surface area contributed by atoms with Crippen molar-refractivity contribution in [2.75, 3.05) is 26.4 Å². The topological polar surface area (TPSA) is 158 Å². The lowest BCUT2D eigenvalue weighted by atomic mass is 9.50. The summed E-state index contributed by atoms with van der Waals surface area (Å²) in [6.07, 6.45) is 5.30. The standard InChI is InChI=1S/C17H28O2.C15H22O2.C10H15F3O4.C8H9F3O4/c1-5-16(2,3)15(18)19-17(4)13-7-11-6-12(9-13)10-14(17)8-11;1-9(2)14(16)17-15(3)12-5-10-4-11(7-12)8-13(15)6-10;1-4-9(2,3)8(15)16-5-7(14)17-6-10(11,12)13;1-5(2)7(13)14-3-6(12)15-4-8(9,10)11/h11-14H,5-10H2,1-4H3;10-13H,1,4-8H2,2-3H3;4-6H2,1-3H3;1,3-4H2,2H3. The van der Waals surface area contributed by atoms with Gasteiger partial charge in [-0.05, 0) is 180 Å². The minimum Gasteiger partial charge on any atom is -0.458 e. The van der Waals surface area contributed by atoms with Gasteiger partial charge >= 0.3 is 48.2 Å². The summed E-state index contributed by atoms with van der Waals surface area (Å²) in [5, 5.41) is 0. The predicted molar refractivity (Wildman–Crippen MR) is 237 cm³/mol. The molecule has 18 heteroatoms. The number of halogens is 6. The molecule has 8 bridgehead atoms. The summed E-state index contributed by atoms with van der Waals surface area (Å²) in [7, 11) is 0. The summed E-state index contributed by atoms with van der Waals surface area (Å²) in [6.45, 7) is 20.4. The maximum Gasteiger partial charge on any atom is 0.422 e. The van der Waals surface area contributed by atoms with E-state index in [-0.39, 0.29) is 34.1 Å². The van der Waals surface area contributed by atoms with Gasteiger partial charge in [-0.1, -0.05) is 27.0 Å². The Morgan fingerprint density at radius 1 is 0.485 bits per heavy atom. The Bertz CT molecular complexity index is 1780. The van der Waals surface area contributed by atoms with Crippen LogP contribution in [0.1, 0.15) is 146 Å². The monoisotopic (exact) mass is 981 g/mol. The molecule has 8 fully saturated rings. The number of rotatable bonds is 14. The maximum absolute atomic E-state index is 12.5. The minimum absolute atomic E-state index is 0.0185. The van der Waals surface area contributed by atoms with E-state index >= 15 is 0 Å². The van der Waals surface area contributed by atoms with Gasteiger partial charge in [0.1, 0.15) is 11.2 Å². The second-order valence-electron chi connectivity index (χ2n) is 21.5. The van der Waals surface area contributed by atoms with Crippen molar-refractivity contribution < 1.29 is 83.5 Å². The number of hydrogen-bond acceptors (Lipinski definition) is 12. The summed E-state index contributed by atoms with van der Waals surface area (Å²) in [4.78, 5) is 67.7. The first kappa shape index (κ1) is 58.2. The third kappa shape index (κ3) is 16.5. The highest BCUT2D eigenvalue weighted by Crippen LogP contribution is 2.61. The molecule has 8 saturated carbocycles. The van der Waals surface area contributed by atoms with Crippen LogP contribution in [-0.2, 0) is 57.2 Å². The minimum atomic E-state index is -4.59. The van der Waals surface area contributed by atoms with Gasteiger partial charge in [0.25, 0.3) is 0 Å². The Morgan fingerprint density at radius 2 is 0.794 bits per heavy atom. The molecule has 0 N–H and O–H groups in total. The SMILES string of the molecule is C=C(C)C(=O)OC1(C)C2CC3CC(C2)CC1C3.C=C(C)C(=O)OCC(=O)OCC(F)(F)F.CCC(C)(C)C(=O)OC1(C)C2CC3CC(C2)CC1C3.CCC(C)(C)C(=O)OCC(=O)OCC(F)(F)F. The van der Waals surface area contributed by atoms with Gasteiger partial charge in [0.2, 0.25) is 0 Å². The molecular formula is C50H74F6O12. The van der Waals surface area contributed by atoms with Crippen molar-refractivity contribution >= 4 is 35.8 Å². The van der Waals surface area contributed by atoms with E-state index in [9.17, 15) is 55.1 Å². The normalized spacial score (nSPS) is 29.5. The van der Waals surface area contributed by atoms with Crippen molar-refractivity contribution in [3.63, 3.8) is 0 Å². The molecule has 0 aliphatic heterocycles. The number of carbonyl (C=O) groups excluding carboxylic acids is 6. The highest BCUT2D eigenvalue weighted by Gasteiger charge is 2.58. The zero-order valence-corrected chi connectivity index (χ0v) is 41.5. The van der Waals surface area contributed by atoms with Gasteiger partial charge in [-0.2, -0.15) is 26.3 Å². The molecule has 0 spiro atoms. The fourth-order valence-corrected chi connectivity index (χ4v) is 10.5. The third-order valence-corrected chi connectivity index (χ3v) is 15.1. The first-order valence-electron chi connectivity index (χ1n) is 23.7. The van der Waals surface area contributed by atoms with E-state index in [1.165, 1.54) is 71.1 Å². The van der Waals surface area contributed by atoms with Crippen LogP contribution in [0.15, 0.2) is 24.3 Å². The summed E-state index contributed by atoms with van der Waals surface area (Å²) >= 11 is 0. The Balaban J connectivity index is 0.000000241. The Hall–Kier alpha value is -4.12. The molecule has 0 heterocycles. The second kappa shape index (κ2) is 23.2. The lowest BCUT2D eigenvalue weighted by molar-refractivity contribution is -0.211. The van der Waals surface area contributed by atoms with Crippen molar-refractivity contribution in [1.29, 1.82) is 0 Å². The van der Waals surface area contributed by atoms with E-state index < -0.39 is 68.1 Å². The predicted octanol–water partition coefficient (Wildman–Crippen LogP) is 10.8. The molecule has 8 rings (SSSR count). The quantitative estimate of drug-likeness (QED) is 0.0703. The van der Waals surface area contributed by atoms with Crippen LogP contribution < -0.4 is 0 Å². The van der Waals surface area contributed by atoms with Crippen LogP contribution >= 0.6 is 0 Å². The molecular weight excluding hydrogens is 907 g/mol. The maximum atomic E-state index is 12.5. The van der Waals surface area contributed by atoms with Crippen molar-refractivity contribution in [3.8, 4) is 0 Å². The van der Waals surface area contributed by atoms with Gasteiger partial charge in [-0.25, -0.2) is 19.2 Å². The van der Waals surface area contributed by atoms with Crippen molar-refractivity contribution in [2.24, 2.45) is 58.2 Å². The lowest BCUT2D eigenvalue weighted by Crippen LogP contribution is -2.58. The average Bonchev–Trinajstić information content (AvgIpc) is 3.23. The van der Waals surface area contributed by atoms with Crippen molar-refractivity contribution in [3.05, 3.63) is 24.3 Å². The highest BCUT2D eigenvalue weighted by molar-refractivity contribution is 5.88. The van der Waals surface area contributed by atoms with Crippen molar-refractivity contribution in [2.45, 2.75) is 170 Å². The molecule has 0 aromatic rings. The fourth-order valence-electron chi connectivity index (χ4n) is 10.5. The van der Waals surface area contributed by atoms with Crippen LogP contribution in [0.4, 0.5) is 26.3 Å². The molecule has 0 atom stereocenters. The molecule has 0 radical (unpaired) electrons. The van der Waals surface area contributed by atoms with Gasteiger partial charge in [0.15, 0.2) is 26.4 Å². The first-order valence-corrected chi connectivity index (χ1v) is 23.7. The summed E-state index contributed by atoms with van der Waals surface area (Å²) < 4.78 is 98.0. The number of carbonyl (C=O) groups is 6. The zero-order valence-electron chi connectivity index (χ0n) is 41.5. The molecule has 0 aromatic carbocycles. The summed E-state index contributed by atoms with van der Waals surface area (Å²) in [6, 6.07) is 0. The van der Waals surface area contributed by atoms with E-state index in [2.05, 4.69) is 52.9 Å². The summed E-state index contributed by atoms with van der Waals surface area (Å²) in [5.74, 6) is 1.95. The molecule has 68 heavy (non-hydrogen) atoms. The Morgan fingerprint density at radius 3 is 1.10 bits per heavy atom. The van der Waals surface area contributed by atoms with Gasteiger partial charge in [0, 0.05) is 11.1 Å². The number of alkyl halides is 6. The van der Waals surface area contributed by atoms with Crippen LogP contribution in [0.3, 0.4) is 0 Å². The van der Waals surface area contributed by atoms with E-state index in [0.717, 1.165) is 30.1 Å². The molecule has 8 aliphatic carbocycles. The van der Waals surface area contributed by atoms with E-state index in [1.54, 1.807) is 27.7 Å². The zero-order chi connectivity index (χ0) is 51.8. The molecule has 0 amide bonds. The molecule has 12 nitrogen and oxygen atoms in total. The molecule has 0 unspecified atom stereocenters. The molecule has 0 aromatic heterocycles. The number of ether oxygens (including phenoxy) is 6. The second-order valence-corrected chi connectivity index (χ2v) is 21.5. The highest BCUT2D eigenvalue weighted by atomic mass is 19.4. The van der Waals surface area contributed by atoms with Crippen LogP contribution in [0.25, 0.3) is 0 Å². The van der Waals surface area contributed by atoms with E-state index in [0.29, 0.717) is 35.7 Å². The average molecular weight is 981 g/mol. The van der Waals surface area contributed by atoms with E-state index in [1.807, 2.05) is 13.8 Å². The van der Waals surface area contributed by atoms with Crippen LogP contribution in [0, 0.1) is 58.2 Å². The lowest BCUT2D eigenvalue weighted by Gasteiger charge is -2.59. The van der Waals surface area contributed by atoms with Crippen LogP contribution in [0.2, 0.25) is 0 Å². The summed E-state index contributed by atoms with van der Waals surface area (Å²) in [5.41, 5.74) is -0.916. The van der Waals surface area contributed by atoms with Crippen LogP contribution in [-0.4, -0.2) is 85.8 Å². The smallest absolute Gasteiger partial charge is 0.422 e. The number of esters is 6. The van der Waals surface area contributed by atoms with Gasteiger partial charge in [-0.15, -0.1) is 0 Å². The third-order valence-electron chi connectivity index (χ3n) is 15.1. The number of hydrogen-bond donors (Lipinski definition) is 0. The van der Waals surface area contributed by atoms with E-state index in [4.69, 9.17) is 9.47 Å².